The first kappa shape index (κ1) is 17.4. The molecule has 0 bridgehead atoms. The van der Waals surface area contributed by atoms with E-state index in [-0.39, 0.29) is 0 Å². The molecule has 0 spiro atoms. The molecule has 0 saturated carbocycles. The molecule has 0 aliphatic carbocycles. The Morgan fingerprint density at radius 3 is 2.17 bits per heavy atom. The van der Waals surface area contributed by atoms with E-state index in [9.17, 15) is 0 Å². The van der Waals surface area contributed by atoms with E-state index in [0.717, 1.165) is 39.4 Å². The molecule has 5 rings (SSSR count). The van der Waals surface area contributed by atoms with Crippen molar-refractivity contribution < 1.29 is 4.74 Å². The third-order valence-electron chi connectivity index (χ3n) is 5.07. The molecule has 2 heterocycles. The smallest absolute Gasteiger partial charge is 0.198 e. The van der Waals surface area contributed by atoms with Crippen LogP contribution < -0.4 is 4.74 Å². The maximum atomic E-state index is 5.29. The molecular formula is C24H20N4O. The van der Waals surface area contributed by atoms with E-state index >= 15 is 0 Å². The molecule has 0 fully saturated rings. The van der Waals surface area contributed by atoms with E-state index in [1.54, 1.807) is 7.11 Å². The maximum absolute atomic E-state index is 5.29. The molecule has 0 saturated heterocycles. The number of hydrogen-bond donors (Lipinski definition) is 0. The van der Waals surface area contributed by atoms with Gasteiger partial charge >= 0.3 is 0 Å². The number of hydrogen-bond acceptors (Lipinski definition) is 4. The van der Waals surface area contributed by atoms with Crippen molar-refractivity contribution in [3.8, 4) is 17.1 Å². The highest BCUT2D eigenvalue weighted by molar-refractivity contribution is 5.85. The first-order chi connectivity index (χ1) is 14.2. The van der Waals surface area contributed by atoms with Crippen LogP contribution in [0.3, 0.4) is 0 Å². The van der Waals surface area contributed by atoms with Crippen molar-refractivity contribution >= 4 is 22.3 Å². The van der Waals surface area contributed by atoms with Gasteiger partial charge in [-0.3, -0.25) is 0 Å². The molecule has 5 nitrogen and oxygen atoms in total. The zero-order chi connectivity index (χ0) is 19.8. The Bertz CT molecular complexity index is 1310. The molecule has 0 unspecified atom stereocenters. The second-order valence-corrected chi connectivity index (χ2v) is 7.10. The number of imidazole rings is 1. The molecule has 0 N–H and O–H groups in total. The summed E-state index contributed by atoms with van der Waals surface area (Å²) in [6.07, 6.45) is 0. The van der Waals surface area contributed by atoms with Crippen LogP contribution in [-0.2, 0) is 6.54 Å². The predicted molar refractivity (Wildman–Crippen MR) is 115 cm³/mol. The number of aromatic nitrogens is 4. The van der Waals surface area contributed by atoms with Crippen molar-refractivity contribution in [2.24, 2.45) is 0 Å². The summed E-state index contributed by atoms with van der Waals surface area (Å²) in [6.45, 7) is 2.73. The first-order valence-electron chi connectivity index (χ1n) is 9.54. The van der Waals surface area contributed by atoms with Gasteiger partial charge in [0.25, 0.3) is 0 Å². The standard InChI is InChI=1S/C24H20N4O/c1-16-7-11-18(12-8-16)23-27-22-24(26-21-6-4-3-5-20(21)25-22)28(23)15-17-9-13-19(29-2)14-10-17/h3-14H,15H2,1-2H3. The monoisotopic (exact) mass is 380 g/mol. The fourth-order valence-electron chi connectivity index (χ4n) is 3.48. The maximum Gasteiger partial charge on any atom is 0.198 e. The van der Waals surface area contributed by atoms with Crippen LogP contribution in [0.2, 0.25) is 0 Å². The van der Waals surface area contributed by atoms with Gasteiger partial charge < -0.3 is 9.30 Å². The molecule has 29 heavy (non-hydrogen) atoms. The van der Waals surface area contributed by atoms with Crippen LogP contribution in [0.5, 0.6) is 5.75 Å². The van der Waals surface area contributed by atoms with Crippen molar-refractivity contribution in [1.29, 1.82) is 0 Å². The lowest BCUT2D eigenvalue weighted by atomic mass is 10.1. The molecule has 5 heteroatoms. The largest absolute Gasteiger partial charge is 0.497 e. The first-order valence-corrected chi connectivity index (χ1v) is 9.54. The zero-order valence-corrected chi connectivity index (χ0v) is 16.3. The average molecular weight is 380 g/mol. The van der Waals surface area contributed by atoms with Gasteiger partial charge in [-0.2, -0.15) is 0 Å². The molecule has 0 aliphatic rings. The lowest BCUT2D eigenvalue weighted by Crippen LogP contribution is -2.03. The number of ether oxygens (including phenoxy) is 1. The number of aryl methyl sites for hydroxylation is 1. The Morgan fingerprint density at radius 2 is 1.48 bits per heavy atom. The fraction of sp³-hybridized carbons (Fsp3) is 0.125. The quantitative estimate of drug-likeness (QED) is 0.440. The number of fused-ring (bicyclic) bond motifs is 2. The molecule has 0 amide bonds. The van der Waals surface area contributed by atoms with Crippen molar-refractivity contribution in [2.45, 2.75) is 13.5 Å². The number of rotatable bonds is 4. The van der Waals surface area contributed by atoms with Crippen LogP contribution in [0.1, 0.15) is 11.1 Å². The normalized spacial score (nSPS) is 11.2. The number of methoxy groups -OCH3 is 1. The molecule has 5 aromatic rings. The van der Waals surface area contributed by atoms with Crippen LogP contribution in [0.15, 0.2) is 72.8 Å². The Balaban J connectivity index is 1.71. The number of benzene rings is 3. The van der Waals surface area contributed by atoms with Crippen LogP contribution in [0.25, 0.3) is 33.7 Å². The molecule has 0 radical (unpaired) electrons. The molecule has 3 aromatic carbocycles. The summed E-state index contributed by atoms with van der Waals surface area (Å²) in [5, 5.41) is 0. The lowest BCUT2D eigenvalue weighted by Gasteiger charge is -2.10. The van der Waals surface area contributed by atoms with E-state index in [1.165, 1.54) is 5.56 Å². The van der Waals surface area contributed by atoms with E-state index in [1.807, 2.05) is 36.4 Å². The van der Waals surface area contributed by atoms with Crippen molar-refractivity contribution in [1.82, 2.24) is 19.5 Å². The minimum atomic E-state index is 0.650. The van der Waals surface area contributed by atoms with Crippen molar-refractivity contribution in [3.05, 3.63) is 83.9 Å². The van der Waals surface area contributed by atoms with E-state index in [0.29, 0.717) is 12.2 Å². The highest BCUT2D eigenvalue weighted by Gasteiger charge is 2.16. The van der Waals surface area contributed by atoms with Crippen LogP contribution in [-0.4, -0.2) is 26.6 Å². The van der Waals surface area contributed by atoms with Crippen molar-refractivity contribution in [2.75, 3.05) is 7.11 Å². The van der Waals surface area contributed by atoms with Gasteiger partial charge in [0, 0.05) is 5.56 Å². The van der Waals surface area contributed by atoms with Gasteiger partial charge in [0.15, 0.2) is 11.3 Å². The zero-order valence-electron chi connectivity index (χ0n) is 16.3. The second-order valence-electron chi connectivity index (χ2n) is 7.10. The van der Waals surface area contributed by atoms with Gasteiger partial charge in [-0.15, -0.1) is 0 Å². The summed E-state index contributed by atoms with van der Waals surface area (Å²) >= 11 is 0. The summed E-state index contributed by atoms with van der Waals surface area (Å²) in [6, 6.07) is 24.4. The van der Waals surface area contributed by atoms with E-state index in [2.05, 4.69) is 47.9 Å². The van der Waals surface area contributed by atoms with Gasteiger partial charge in [0.05, 0.1) is 24.7 Å². The molecule has 0 atom stereocenters. The van der Waals surface area contributed by atoms with Crippen LogP contribution in [0.4, 0.5) is 0 Å². The number of para-hydroxylation sites is 2. The molecular weight excluding hydrogens is 360 g/mol. The topological polar surface area (TPSA) is 52.8 Å². The SMILES string of the molecule is COc1ccc(Cn2c(-c3ccc(C)cc3)nc3nc4ccccc4nc32)cc1. The van der Waals surface area contributed by atoms with Gasteiger partial charge in [0.1, 0.15) is 11.6 Å². The third-order valence-corrected chi connectivity index (χ3v) is 5.07. The van der Waals surface area contributed by atoms with Gasteiger partial charge in [-0.1, -0.05) is 54.1 Å². The summed E-state index contributed by atoms with van der Waals surface area (Å²) in [5.74, 6) is 1.71. The highest BCUT2D eigenvalue weighted by atomic mass is 16.5. The van der Waals surface area contributed by atoms with Gasteiger partial charge in [-0.25, -0.2) is 15.0 Å². The van der Waals surface area contributed by atoms with Crippen LogP contribution >= 0.6 is 0 Å². The minimum Gasteiger partial charge on any atom is -0.497 e. The van der Waals surface area contributed by atoms with Gasteiger partial charge in [0.2, 0.25) is 0 Å². The minimum absolute atomic E-state index is 0.650. The molecule has 2 aromatic heterocycles. The Kier molecular flexibility index (Phi) is 4.21. The average Bonchev–Trinajstić information content (AvgIpc) is 3.10. The van der Waals surface area contributed by atoms with E-state index < -0.39 is 0 Å². The predicted octanol–water partition coefficient (Wildman–Crippen LogP) is 5.01. The van der Waals surface area contributed by atoms with E-state index in [4.69, 9.17) is 19.7 Å². The Labute approximate surface area is 168 Å². The second kappa shape index (κ2) is 7.02. The summed E-state index contributed by atoms with van der Waals surface area (Å²) in [4.78, 5) is 14.5. The molecule has 142 valence electrons. The molecule has 0 aliphatic heterocycles. The summed E-state index contributed by atoms with van der Waals surface area (Å²) in [5.41, 5.74) is 6.58. The Morgan fingerprint density at radius 1 is 0.793 bits per heavy atom. The van der Waals surface area contributed by atoms with Crippen LogP contribution in [0, 0.1) is 6.92 Å². The lowest BCUT2D eigenvalue weighted by molar-refractivity contribution is 0.414. The number of nitrogens with zero attached hydrogens (tertiary/aromatic N) is 4. The highest BCUT2D eigenvalue weighted by Crippen LogP contribution is 2.26. The fourth-order valence-corrected chi connectivity index (χ4v) is 3.48. The summed E-state index contributed by atoms with van der Waals surface area (Å²) in [7, 11) is 1.68. The summed E-state index contributed by atoms with van der Waals surface area (Å²) < 4.78 is 7.43. The third kappa shape index (κ3) is 3.21. The van der Waals surface area contributed by atoms with Gasteiger partial charge in [-0.05, 0) is 36.8 Å². The van der Waals surface area contributed by atoms with Crippen molar-refractivity contribution in [3.63, 3.8) is 0 Å². The Hall–Kier alpha value is -3.73.